The van der Waals surface area contributed by atoms with E-state index in [2.05, 4.69) is 68.5 Å². The summed E-state index contributed by atoms with van der Waals surface area (Å²) in [5.74, 6) is -10.8. The van der Waals surface area contributed by atoms with E-state index < -0.39 is 184 Å². The number of anilines is 1. The number of primary amides is 1. The number of fused-ring (bicyclic) bond motifs is 1. The van der Waals surface area contributed by atoms with Crippen molar-refractivity contribution in [2.24, 2.45) is 29.2 Å². The lowest BCUT2D eigenvalue weighted by Gasteiger charge is -2.27. The van der Waals surface area contributed by atoms with Gasteiger partial charge in [0, 0.05) is 85.7 Å². The van der Waals surface area contributed by atoms with E-state index in [0.29, 0.717) is 54.3 Å². The van der Waals surface area contributed by atoms with Crippen LogP contribution in [-0.2, 0) is 76.8 Å². The zero-order valence-electron chi connectivity index (χ0n) is 64.2. The molecule has 36 nitrogen and oxygen atoms in total. The number of imidazole rings is 1. The molecule has 5 aromatic rings. The minimum Gasteiger partial charge on any atom is -0.391 e. The topological polar surface area (TPSA) is 533 Å². The molecule has 0 saturated carbocycles. The number of nitro groups is 2. The first-order valence-electron chi connectivity index (χ1n) is 37.0. The van der Waals surface area contributed by atoms with Crippen LogP contribution in [0.4, 0.5) is 17.1 Å². The minimum atomic E-state index is -1.81. The maximum Gasteiger partial charge on any atom is 0.300 e. The Kier molecular flexibility index (Phi) is 37.3. The normalized spacial score (nSPS) is 14.0. The van der Waals surface area contributed by atoms with Crippen LogP contribution in [0.5, 0.6) is 0 Å². The van der Waals surface area contributed by atoms with Gasteiger partial charge in [0.25, 0.3) is 11.4 Å². The van der Waals surface area contributed by atoms with Gasteiger partial charge >= 0.3 is 0 Å². The number of amides is 12. The van der Waals surface area contributed by atoms with Crippen LogP contribution in [0.2, 0.25) is 0 Å². The summed E-state index contributed by atoms with van der Waals surface area (Å²) in [4.78, 5) is 197. The zero-order chi connectivity index (χ0) is 83.1. The number of carbonyl (C=O) groups is 12. The number of aliphatic hydroxyl groups is 1. The SMILES string of the molecule is CCCCCNC(=O)[C@H](CC(C)C)NC(=O)[C@H](Cc1cn(-c2ccc([N+](=O)[O-])cc2[N+](=O)[O-])cn1)NC(=O)CNC(=O)[C@@H](NC(=O)[C@H](C)NC(=O)[C@H](Cc1c[nH]c2ccccc12)NC(=O)[C@H](CCC(N)=O)NC(=O)[C@@H](NC(=O)CNC(=O)[C@H](CC(C)C)NC(=O)[C@@H](N)Cc1cccc(N(CCCl)CCCl)c1)[C@@H](C)O)C(C)C. The van der Waals surface area contributed by atoms with Gasteiger partial charge in [-0.2, -0.15) is 0 Å². The Balaban J connectivity index is 1.29. The number of benzene rings is 3. The van der Waals surface area contributed by atoms with Crippen LogP contribution in [-0.4, -0.2) is 205 Å². The first kappa shape index (κ1) is 91.8. The van der Waals surface area contributed by atoms with Crippen molar-refractivity contribution >= 4 is 122 Å². The highest BCUT2D eigenvalue weighted by Crippen LogP contribution is 2.29. The van der Waals surface area contributed by atoms with Crippen LogP contribution in [0.1, 0.15) is 124 Å². The predicted octanol–water partition coefficient (Wildman–Crippen LogP) is 1.64. The molecule has 2 aromatic heterocycles. The molecule has 10 atom stereocenters. The lowest BCUT2D eigenvalue weighted by atomic mass is 10.0. The average molecular weight is 1600 g/mol. The van der Waals surface area contributed by atoms with Gasteiger partial charge in [-0.05, 0) is 99.1 Å². The summed E-state index contributed by atoms with van der Waals surface area (Å²) in [5.41, 5.74) is 13.4. The summed E-state index contributed by atoms with van der Waals surface area (Å²) in [5, 5.41) is 63.2. The van der Waals surface area contributed by atoms with Crippen LogP contribution in [0, 0.1) is 38.0 Å². The van der Waals surface area contributed by atoms with E-state index in [1.54, 1.807) is 50.4 Å². The summed E-state index contributed by atoms with van der Waals surface area (Å²) in [6, 6.07) is 4.50. The van der Waals surface area contributed by atoms with Crippen LogP contribution in [0.15, 0.2) is 85.5 Å². The third-order valence-electron chi connectivity index (χ3n) is 17.9. The Morgan fingerprint density at radius 2 is 1.20 bits per heavy atom. The molecule has 17 N–H and O–H groups in total. The molecule has 0 aliphatic carbocycles. The number of nitrogens with one attached hydrogen (secondary N) is 12. The highest BCUT2D eigenvalue weighted by Gasteiger charge is 2.36. The van der Waals surface area contributed by atoms with Crippen LogP contribution < -0.4 is 74.9 Å². The van der Waals surface area contributed by atoms with Gasteiger partial charge in [0.05, 0.1) is 53.2 Å². The second kappa shape index (κ2) is 45.5. The van der Waals surface area contributed by atoms with Gasteiger partial charge in [-0.3, -0.25) is 82.3 Å². The first-order chi connectivity index (χ1) is 53.0. The smallest absolute Gasteiger partial charge is 0.300 e. The molecule has 38 heteroatoms. The Labute approximate surface area is 658 Å². The number of hydrogen-bond acceptors (Lipinski definition) is 20. The van der Waals surface area contributed by atoms with E-state index >= 15 is 0 Å². The van der Waals surface area contributed by atoms with Crippen LogP contribution in [0.25, 0.3) is 16.6 Å². The molecule has 0 unspecified atom stereocenters. The molecule has 5 rings (SSSR count). The molecule has 2 heterocycles. The van der Waals surface area contributed by atoms with E-state index in [1.807, 2.05) is 57.7 Å². The number of nitrogens with zero attached hydrogens (tertiary/aromatic N) is 5. The number of nitro benzene ring substituents is 2. The molecule has 3 aromatic carbocycles. The fourth-order valence-corrected chi connectivity index (χ4v) is 12.3. The van der Waals surface area contributed by atoms with E-state index in [9.17, 15) is 82.9 Å². The van der Waals surface area contributed by atoms with Gasteiger partial charge in [0.1, 0.15) is 54.0 Å². The Morgan fingerprint density at radius 3 is 1.80 bits per heavy atom. The lowest BCUT2D eigenvalue weighted by molar-refractivity contribution is -0.394. The fourth-order valence-electron chi connectivity index (χ4n) is 11.9. The quantitative estimate of drug-likeness (QED) is 0.0114. The highest BCUT2D eigenvalue weighted by molar-refractivity contribution is 6.18. The van der Waals surface area contributed by atoms with Gasteiger partial charge < -0.3 is 84.9 Å². The van der Waals surface area contributed by atoms with Crippen molar-refractivity contribution < 1.29 is 72.5 Å². The summed E-state index contributed by atoms with van der Waals surface area (Å²) in [6.07, 6.45) is 3.57. The Morgan fingerprint density at radius 1 is 0.607 bits per heavy atom. The number of nitrogens with two attached hydrogens (primary N) is 2. The van der Waals surface area contributed by atoms with Gasteiger partial charge in [-0.25, -0.2) is 4.98 Å². The number of non-ortho nitro benzene ring substituents is 1. The third kappa shape index (κ3) is 29.4. The number of hydrogen-bond donors (Lipinski definition) is 15. The van der Waals surface area contributed by atoms with Crippen molar-refractivity contribution in [1.29, 1.82) is 0 Å². The molecule has 0 fully saturated rings. The number of aromatic nitrogens is 3. The number of halogens is 2. The molecule has 0 radical (unpaired) electrons. The van der Waals surface area contributed by atoms with Crippen molar-refractivity contribution in [3.05, 3.63) is 123 Å². The maximum atomic E-state index is 14.6. The predicted molar refractivity (Wildman–Crippen MR) is 418 cm³/mol. The molecular formula is C74H105Cl2N19O17. The highest BCUT2D eigenvalue weighted by atomic mass is 35.5. The molecule has 12 amide bonds. The summed E-state index contributed by atoms with van der Waals surface area (Å²) in [7, 11) is 0. The third-order valence-corrected chi connectivity index (χ3v) is 18.2. The van der Waals surface area contributed by atoms with E-state index in [0.717, 1.165) is 55.5 Å². The van der Waals surface area contributed by atoms with E-state index in [1.165, 1.54) is 17.7 Å². The number of unbranched alkanes of at least 4 members (excludes halogenated alkanes) is 2. The molecule has 0 bridgehead atoms. The van der Waals surface area contributed by atoms with E-state index in [-0.39, 0.29) is 55.3 Å². The van der Waals surface area contributed by atoms with Crippen LogP contribution >= 0.6 is 23.2 Å². The number of H-pyrrole nitrogens is 1. The van der Waals surface area contributed by atoms with Gasteiger partial charge in [0.15, 0.2) is 0 Å². The van der Waals surface area contributed by atoms with Crippen molar-refractivity contribution in [3.8, 4) is 5.69 Å². The Bertz CT molecular complexity index is 4090. The van der Waals surface area contributed by atoms with E-state index in [4.69, 9.17) is 34.7 Å². The first-order valence-corrected chi connectivity index (χ1v) is 38.0. The van der Waals surface area contributed by atoms with Gasteiger partial charge in [-0.15, -0.1) is 23.2 Å². The van der Waals surface area contributed by atoms with Gasteiger partial charge in [-0.1, -0.05) is 91.6 Å². The Hall–Kier alpha value is -10.9. The molecule has 0 aliphatic heterocycles. The molecule has 0 aliphatic rings. The van der Waals surface area contributed by atoms with Crippen molar-refractivity contribution in [2.45, 2.75) is 187 Å². The summed E-state index contributed by atoms with van der Waals surface area (Å²) in [6.45, 7) is 14.7. The maximum absolute atomic E-state index is 14.6. The molecular weight excluding hydrogens is 1500 g/mol. The number of aromatic amines is 1. The molecule has 112 heavy (non-hydrogen) atoms. The summed E-state index contributed by atoms with van der Waals surface area (Å²) < 4.78 is 1.20. The number of alkyl halides is 2. The number of aliphatic hydroxyl groups excluding tert-OH is 1. The van der Waals surface area contributed by atoms with Crippen molar-refractivity contribution in [2.75, 3.05) is 49.4 Å². The second-order valence-electron chi connectivity index (χ2n) is 28.4. The second-order valence-corrected chi connectivity index (χ2v) is 29.1. The van der Waals surface area contributed by atoms with Crippen molar-refractivity contribution in [1.82, 2.24) is 73.0 Å². The standard InChI is InChI=1S/C74H105Cl2N19O17/c1-10-11-14-26-79-68(102)55(29-41(2)3)88-72(106)58(34-48-39-93(40-83-48)59-22-20-50(94(109)110)35-60(59)95(111)112)85-62(98)37-82-73(107)64(43(6)7)91-66(100)44(8)84-71(105)57(33-47-36-80-53-19-13-12-18-51(47)53)89-70(104)54(21-23-61(78)97)86-74(108)65(45(9)96)90-63(99)38-81-69(103)56(30-42(4)5)87-67(101)52(77)32-46-16-15-17-49(31-46)92(27-24-75)28-25-76/h12-13,15-20,22,31,35-36,39-45,52,54-58,64-65,80,96H,10-11,14,21,23-30,32-34,37-38,77H2,1-9H3,(H2,78,97)(H,79,102)(H,81,103)(H,82,107)(H,84,105)(H,85,98)(H,86,108)(H,87,101)(H,88,106)(H,89,104)(H,90,99)(H,91,100)/t44-,45+,52-,54-,55-,56-,57-,58-,64-,65-/m0/s1. The average Bonchev–Trinajstić information content (AvgIpc) is 1.76. The number of rotatable bonds is 48. The summed E-state index contributed by atoms with van der Waals surface area (Å²) >= 11 is 12.0. The molecule has 0 saturated heterocycles. The zero-order valence-corrected chi connectivity index (χ0v) is 65.7. The molecule has 0 spiro atoms. The number of carbonyl (C=O) groups excluding carboxylic acids is 12. The largest absolute Gasteiger partial charge is 0.391 e. The monoisotopic (exact) mass is 1600 g/mol. The van der Waals surface area contributed by atoms with Gasteiger partial charge in [0.2, 0.25) is 70.9 Å². The minimum absolute atomic E-state index is 0.0875. The molecule has 612 valence electrons. The number of para-hydroxylation sites is 1. The van der Waals surface area contributed by atoms with Crippen LogP contribution in [0.3, 0.4) is 0 Å². The lowest BCUT2D eigenvalue weighted by Crippen LogP contribution is -2.61. The van der Waals surface area contributed by atoms with Crippen molar-refractivity contribution in [3.63, 3.8) is 0 Å². The fraction of sp³-hybridized carbons (Fsp3) is 0.527.